The Kier molecular flexibility index (Phi) is 3.97. The maximum Gasteiger partial charge on any atom is 0.207 e. The Balaban J connectivity index is 1.88. The summed E-state index contributed by atoms with van der Waals surface area (Å²) in [5, 5.41) is 11.4. The number of para-hydroxylation sites is 1. The van der Waals surface area contributed by atoms with E-state index in [2.05, 4.69) is 0 Å². The predicted octanol–water partition coefficient (Wildman–Crippen LogP) is 4.24. The van der Waals surface area contributed by atoms with Gasteiger partial charge in [0.15, 0.2) is 11.3 Å². The molecule has 0 aliphatic carbocycles. The summed E-state index contributed by atoms with van der Waals surface area (Å²) in [6.45, 7) is 0.244. The second-order valence-electron chi connectivity index (χ2n) is 5.83. The smallest absolute Gasteiger partial charge is 0.207 e. The van der Waals surface area contributed by atoms with Gasteiger partial charge in [0.2, 0.25) is 16.9 Å². The molecule has 0 aliphatic heterocycles. The SMILES string of the molecule is COc1cc2c(=O)c3ccccc3oc2c(O)c1OCc1ccccc1. The van der Waals surface area contributed by atoms with Crippen LogP contribution in [0, 0.1) is 0 Å². The fraction of sp³-hybridized carbons (Fsp3) is 0.0952. The average Bonchev–Trinajstić information content (AvgIpc) is 2.69. The first-order valence-electron chi connectivity index (χ1n) is 8.11. The van der Waals surface area contributed by atoms with Crippen molar-refractivity contribution in [2.24, 2.45) is 0 Å². The standard InChI is InChI=1S/C21H16O5/c1-24-17-11-15-18(22)14-9-5-6-10-16(14)26-20(15)19(23)21(17)25-12-13-7-3-2-4-8-13/h2-11,23H,12H2,1H3. The second kappa shape index (κ2) is 6.44. The first-order chi connectivity index (χ1) is 12.7. The Labute approximate surface area is 149 Å². The quantitative estimate of drug-likeness (QED) is 0.559. The molecule has 5 nitrogen and oxygen atoms in total. The maximum atomic E-state index is 12.7. The van der Waals surface area contributed by atoms with Crippen molar-refractivity contribution in [2.75, 3.05) is 7.11 Å². The molecule has 0 saturated heterocycles. The Hall–Kier alpha value is -3.47. The van der Waals surface area contributed by atoms with Crippen LogP contribution in [-0.4, -0.2) is 12.2 Å². The Bertz CT molecular complexity index is 1150. The van der Waals surface area contributed by atoms with Crippen LogP contribution < -0.4 is 14.9 Å². The minimum atomic E-state index is -0.252. The highest BCUT2D eigenvalue weighted by Crippen LogP contribution is 2.43. The van der Waals surface area contributed by atoms with E-state index >= 15 is 0 Å². The van der Waals surface area contributed by atoms with E-state index in [0.717, 1.165) is 5.56 Å². The van der Waals surface area contributed by atoms with Gasteiger partial charge in [-0.05, 0) is 23.8 Å². The van der Waals surface area contributed by atoms with E-state index in [0.29, 0.717) is 11.0 Å². The molecule has 0 aliphatic rings. The Morgan fingerprint density at radius 1 is 1.00 bits per heavy atom. The van der Waals surface area contributed by atoms with E-state index < -0.39 is 0 Å². The van der Waals surface area contributed by atoms with Crippen LogP contribution in [0.2, 0.25) is 0 Å². The van der Waals surface area contributed by atoms with Crippen LogP contribution >= 0.6 is 0 Å². The third-order valence-electron chi connectivity index (χ3n) is 4.21. The Morgan fingerprint density at radius 2 is 1.73 bits per heavy atom. The molecule has 1 heterocycles. The van der Waals surface area contributed by atoms with Crippen molar-refractivity contribution in [1.29, 1.82) is 0 Å². The first kappa shape index (κ1) is 16.0. The number of phenols is 1. The van der Waals surface area contributed by atoms with Gasteiger partial charge in [0, 0.05) is 0 Å². The molecule has 1 N–H and O–H groups in total. The third kappa shape index (κ3) is 2.63. The van der Waals surface area contributed by atoms with Crippen LogP contribution in [-0.2, 0) is 6.61 Å². The number of phenolic OH excluding ortho intramolecular Hbond substituents is 1. The molecule has 0 unspecified atom stereocenters. The maximum absolute atomic E-state index is 12.7. The number of methoxy groups -OCH3 is 1. The van der Waals surface area contributed by atoms with Crippen LogP contribution in [0.5, 0.6) is 17.2 Å². The van der Waals surface area contributed by atoms with Gasteiger partial charge in [0.1, 0.15) is 12.2 Å². The van der Waals surface area contributed by atoms with Crippen molar-refractivity contribution < 1.29 is 19.0 Å². The summed E-state index contributed by atoms with van der Waals surface area (Å²) in [6, 6.07) is 18.0. The van der Waals surface area contributed by atoms with E-state index in [1.807, 2.05) is 30.3 Å². The topological polar surface area (TPSA) is 68.9 Å². The van der Waals surface area contributed by atoms with Crippen LogP contribution in [0.4, 0.5) is 0 Å². The van der Waals surface area contributed by atoms with Gasteiger partial charge in [-0.15, -0.1) is 0 Å². The molecule has 0 amide bonds. The summed E-state index contributed by atoms with van der Waals surface area (Å²) >= 11 is 0. The van der Waals surface area contributed by atoms with Gasteiger partial charge in [-0.2, -0.15) is 0 Å². The molecule has 26 heavy (non-hydrogen) atoms. The number of benzene rings is 3. The van der Waals surface area contributed by atoms with Crippen LogP contribution in [0.25, 0.3) is 21.9 Å². The number of hydrogen-bond acceptors (Lipinski definition) is 5. The van der Waals surface area contributed by atoms with E-state index in [1.165, 1.54) is 13.2 Å². The fourth-order valence-corrected chi connectivity index (χ4v) is 2.90. The number of hydrogen-bond donors (Lipinski definition) is 1. The molecule has 130 valence electrons. The van der Waals surface area contributed by atoms with E-state index in [-0.39, 0.29) is 40.3 Å². The van der Waals surface area contributed by atoms with Gasteiger partial charge >= 0.3 is 0 Å². The van der Waals surface area contributed by atoms with Crippen molar-refractivity contribution in [1.82, 2.24) is 0 Å². The molecular formula is C21H16O5. The first-order valence-corrected chi connectivity index (χ1v) is 8.11. The zero-order valence-electron chi connectivity index (χ0n) is 14.1. The van der Waals surface area contributed by atoms with E-state index in [4.69, 9.17) is 13.9 Å². The summed E-state index contributed by atoms with van der Waals surface area (Å²) in [5.41, 5.74) is 1.19. The van der Waals surface area contributed by atoms with Crippen molar-refractivity contribution in [3.05, 3.63) is 76.5 Å². The van der Waals surface area contributed by atoms with Gasteiger partial charge in [0.05, 0.1) is 17.9 Å². The summed E-state index contributed by atoms with van der Waals surface area (Å²) in [7, 11) is 1.46. The highest BCUT2D eigenvalue weighted by Gasteiger charge is 2.20. The zero-order chi connectivity index (χ0) is 18.1. The fourth-order valence-electron chi connectivity index (χ4n) is 2.90. The number of rotatable bonds is 4. The molecule has 4 rings (SSSR count). The van der Waals surface area contributed by atoms with Crippen molar-refractivity contribution in [2.45, 2.75) is 6.61 Å². The molecule has 3 aromatic carbocycles. The van der Waals surface area contributed by atoms with Crippen LogP contribution in [0.3, 0.4) is 0 Å². The highest BCUT2D eigenvalue weighted by molar-refractivity contribution is 5.95. The van der Waals surface area contributed by atoms with Gasteiger partial charge in [-0.25, -0.2) is 0 Å². The molecule has 5 heteroatoms. The molecule has 1 aromatic heterocycles. The summed E-state index contributed by atoms with van der Waals surface area (Å²) in [6.07, 6.45) is 0. The number of fused-ring (bicyclic) bond motifs is 2. The summed E-state index contributed by atoms with van der Waals surface area (Å²) in [5.74, 6) is 0.161. The number of ether oxygens (including phenoxy) is 2. The van der Waals surface area contributed by atoms with Crippen molar-refractivity contribution in [3.63, 3.8) is 0 Å². The Morgan fingerprint density at radius 3 is 2.50 bits per heavy atom. The second-order valence-corrected chi connectivity index (χ2v) is 5.83. The van der Waals surface area contributed by atoms with Gasteiger partial charge < -0.3 is 19.0 Å². The molecule has 0 spiro atoms. The van der Waals surface area contributed by atoms with Crippen molar-refractivity contribution >= 4 is 21.9 Å². The normalized spacial score (nSPS) is 11.0. The third-order valence-corrected chi connectivity index (χ3v) is 4.21. The molecule has 4 aromatic rings. The monoisotopic (exact) mass is 348 g/mol. The van der Waals surface area contributed by atoms with Crippen LogP contribution in [0.15, 0.2) is 69.9 Å². The minimum absolute atomic E-state index is 0.0811. The van der Waals surface area contributed by atoms with E-state index in [9.17, 15) is 9.90 Å². The largest absolute Gasteiger partial charge is 0.502 e. The van der Waals surface area contributed by atoms with Crippen LogP contribution in [0.1, 0.15) is 5.56 Å². The van der Waals surface area contributed by atoms with Gasteiger partial charge in [-0.1, -0.05) is 42.5 Å². The number of aromatic hydroxyl groups is 1. The lowest BCUT2D eigenvalue weighted by molar-refractivity contribution is 0.269. The minimum Gasteiger partial charge on any atom is -0.502 e. The molecule has 0 bridgehead atoms. The predicted molar refractivity (Wildman–Crippen MR) is 99.0 cm³/mol. The zero-order valence-corrected chi connectivity index (χ0v) is 14.1. The molecule has 0 saturated carbocycles. The molecule has 0 radical (unpaired) electrons. The molecule has 0 fully saturated rings. The molecular weight excluding hydrogens is 332 g/mol. The summed E-state index contributed by atoms with van der Waals surface area (Å²) in [4.78, 5) is 12.7. The van der Waals surface area contributed by atoms with Crippen molar-refractivity contribution in [3.8, 4) is 17.2 Å². The molecule has 0 atom stereocenters. The lowest BCUT2D eigenvalue weighted by Gasteiger charge is -2.14. The van der Waals surface area contributed by atoms with E-state index in [1.54, 1.807) is 24.3 Å². The lowest BCUT2D eigenvalue weighted by atomic mass is 10.1. The average molecular weight is 348 g/mol. The summed E-state index contributed by atoms with van der Waals surface area (Å²) < 4.78 is 16.9. The highest BCUT2D eigenvalue weighted by atomic mass is 16.5. The van der Waals surface area contributed by atoms with Gasteiger partial charge in [-0.3, -0.25) is 4.79 Å². The lowest BCUT2D eigenvalue weighted by Crippen LogP contribution is -2.04. The van der Waals surface area contributed by atoms with Gasteiger partial charge in [0.25, 0.3) is 0 Å².